The highest BCUT2D eigenvalue weighted by Gasteiger charge is 2.40. The molecule has 2 heterocycles. The van der Waals surface area contributed by atoms with E-state index in [0.29, 0.717) is 12.3 Å². The minimum Gasteiger partial charge on any atom is -0.460 e. The van der Waals surface area contributed by atoms with Crippen molar-refractivity contribution in [2.75, 3.05) is 6.54 Å². The first kappa shape index (κ1) is 10.9. The van der Waals surface area contributed by atoms with Gasteiger partial charge < -0.3 is 10.1 Å². The third-order valence-electron chi connectivity index (χ3n) is 3.36. The van der Waals surface area contributed by atoms with Crippen LogP contribution in [0.2, 0.25) is 0 Å². The van der Waals surface area contributed by atoms with Crippen molar-refractivity contribution in [2.45, 2.75) is 51.7 Å². The van der Waals surface area contributed by atoms with Gasteiger partial charge in [0, 0.05) is 12.5 Å². The number of piperidine rings is 2. The third-order valence-corrected chi connectivity index (χ3v) is 3.36. The van der Waals surface area contributed by atoms with Gasteiger partial charge in [0.15, 0.2) is 0 Å². The Morgan fingerprint density at radius 2 is 2.07 bits per heavy atom. The minimum absolute atomic E-state index is 0.0420. The molecule has 1 aliphatic carbocycles. The quantitative estimate of drug-likeness (QED) is 0.707. The molecule has 3 aliphatic rings. The second-order valence-corrected chi connectivity index (χ2v) is 5.89. The van der Waals surface area contributed by atoms with E-state index in [2.05, 4.69) is 5.32 Å². The van der Waals surface area contributed by atoms with Gasteiger partial charge in [0.05, 0.1) is 0 Å². The molecule has 3 fully saturated rings. The highest BCUT2D eigenvalue weighted by molar-refractivity contribution is 5.70. The summed E-state index contributed by atoms with van der Waals surface area (Å²) in [5.41, 5.74) is -0.346. The molecule has 0 aromatic carbocycles. The Bertz CT molecular complexity index is 248. The molecule has 1 saturated carbocycles. The smallest absolute Gasteiger partial charge is 0.306 e. The lowest BCUT2D eigenvalue weighted by Crippen LogP contribution is -2.54. The van der Waals surface area contributed by atoms with Crippen LogP contribution in [0.4, 0.5) is 0 Å². The third kappa shape index (κ3) is 2.71. The minimum atomic E-state index is -0.346. The number of carbonyl (C=O) groups is 1. The van der Waals surface area contributed by atoms with Gasteiger partial charge in [-0.3, -0.25) is 4.79 Å². The maximum Gasteiger partial charge on any atom is 0.306 e. The number of rotatable bonds is 2. The average molecular weight is 211 g/mol. The summed E-state index contributed by atoms with van der Waals surface area (Å²) in [4.78, 5) is 11.6. The van der Waals surface area contributed by atoms with Crippen LogP contribution in [-0.4, -0.2) is 24.2 Å². The van der Waals surface area contributed by atoms with Crippen LogP contribution in [-0.2, 0) is 9.53 Å². The lowest BCUT2D eigenvalue weighted by Gasteiger charge is -2.47. The fraction of sp³-hybridized carbons (Fsp3) is 0.917. The van der Waals surface area contributed by atoms with Crippen molar-refractivity contribution in [3.63, 3.8) is 0 Å². The molecule has 0 aromatic rings. The van der Waals surface area contributed by atoms with Crippen molar-refractivity contribution in [3.8, 4) is 0 Å². The van der Waals surface area contributed by atoms with Crippen molar-refractivity contribution < 1.29 is 9.53 Å². The van der Waals surface area contributed by atoms with Crippen LogP contribution in [0.1, 0.15) is 40.0 Å². The summed E-state index contributed by atoms with van der Waals surface area (Å²) in [6.45, 7) is 6.75. The van der Waals surface area contributed by atoms with Crippen molar-refractivity contribution in [1.29, 1.82) is 0 Å². The largest absolute Gasteiger partial charge is 0.460 e. The zero-order valence-electron chi connectivity index (χ0n) is 9.88. The molecule has 0 amide bonds. The number of nitrogens with one attached hydrogen (secondary N) is 1. The van der Waals surface area contributed by atoms with Gasteiger partial charge in [-0.05, 0) is 52.0 Å². The molecule has 15 heavy (non-hydrogen) atoms. The standard InChI is InChI=1S/C12H21NO2/c1-12(2,3)15-11(14)6-9-7-13-10-4-8(9)5-10/h8-10,13H,4-7H2,1-3H3. The first-order valence-corrected chi connectivity index (χ1v) is 5.89. The van der Waals surface area contributed by atoms with Crippen molar-refractivity contribution in [2.24, 2.45) is 11.8 Å². The lowest BCUT2D eigenvalue weighted by atomic mass is 9.68. The Morgan fingerprint density at radius 3 is 2.53 bits per heavy atom. The van der Waals surface area contributed by atoms with Gasteiger partial charge in [-0.25, -0.2) is 0 Å². The van der Waals surface area contributed by atoms with E-state index in [1.165, 1.54) is 12.8 Å². The van der Waals surface area contributed by atoms with E-state index in [1.807, 2.05) is 20.8 Å². The molecule has 0 radical (unpaired) electrons. The van der Waals surface area contributed by atoms with Gasteiger partial charge >= 0.3 is 5.97 Å². The van der Waals surface area contributed by atoms with E-state index < -0.39 is 0 Å². The molecular formula is C12H21NO2. The fourth-order valence-corrected chi connectivity index (χ4v) is 2.53. The number of hydrogen-bond acceptors (Lipinski definition) is 3. The van der Waals surface area contributed by atoms with Crippen LogP contribution in [0, 0.1) is 11.8 Å². The molecule has 0 aromatic heterocycles. The van der Waals surface area contributed by atoms with E-state index in [4.69, 9.17) is 4.74 Å². The van der Waals surface area contributed by atoms with Gasteiger partial charge in [0.1, 0.15) is 5.60 Å². The molecule has 2 aliphatic heterocycles. The highest BCUT2D eigenvalue weighted by Crippen LogP contribution is 2.39. The van der Waals surface area contributed by atoms with Gasteiger partial charge in [-0.2, -0.15) is 0 Å². The summed E-state index contributed by atoms with van der Waals surface area (Å²) in [6.07, 6.45) is 3.10. The first-order chi connectivity index (χ1) is 6.94. The summed E-state index contributed by atoms with van der Waals surface area (Å²) in [5.74, 6) is 1.23. The van der Waals surface area contributed by atoms with E-state index in [-0.39, 0.29) is 11.6 Å². The maximum absolute atomic E-state index is 11.6. The van der Waals surface area contributed by atoms with Crippen LogP contribution in [0.5, 0.6) is 0 Å². The summed E-state index contributed by atoms with van der Waals surface area (Å²) in [7, 11) is 0. The molecule has 86 valence electrons. The molecule has 0 spiro atoms. The number of carbonyl (C=O) groups excluding carboxylic acids is 1. The van der Waals surface area contributed by atoms with Crippen LogP contribution < -0.4 is 5.32 Å². The van der Waals surface area contributed by atoms with Gasteiger partial charge in [0.2, 0.25) is 0 Å². The number of ether oxygens (including phenoxy) is 1. The Balaban J connectivity index is 1.78. The van der Waals surface area contributed by atoms with Crippen LogP contribution >= 0.6 is 0 Å². The summed E-state index contributed by atoms with van der Waals surface area (Å²) in [5, 5.41) is 3.46. The predicted octanol–water partition coefficient (Wildman–Crippen LogP) is 1.72. The Kier molecular flexibility index (Phi) is 2.75. The monoisotopic (exact) mass is 211 g/mol. The number of fused-ring (bicyclic) bond motifs is 2. The predicted molar refractivity (Wildman–Crippen MR) is 58.5 cm³/mol. The lowest BCUT2D eigenvalue weighted by molar-refractivity contribution is -0.157. The van der Waals surface area contributed by atoms with Crippen molar-refractivity contribution in [1.82, 2.24) is 5.32 Å². The number of hydrogen-bond donors (Lipinski definition) is 1. The molecule has 3 nitrogen and oxygen atoms in total. The van der Waals surface area contributed by atoms with Gasteiger partial charge in [0.25, 0.3) is 0 Å². The second-order valence-electron chi connectivity index (χ2n) is 5.89. The topological polar surface area (TPSA) is 38.3 Å². The maximum atomic E-state index is 11.6. The first-order valence-electron chi connectivity index (χ1n) is 5.89. The van der Waals surface area contributed by atoms with Gasteiger partial charge in [-0.15, -0.1) is 0 Å². The van der Waals surface area contributed by atoms with Crippen molar-refractivity contribution >= 4 is 5.97 Å². The zero-order valence-corrected chi connectivity index (χ0v) is 9.88. The van der Waals surface area contributed by atoms with Crippen LogP contribution in [0.25, 0.3) is 0 Å². The van der Waals surface area contributed by atoms with Crippen molar-refractivity contribution in [3.05, 3.63) is 0 Å². The Hall–Kier alpha value is -0.570. The zero-order chi connectivity index (χ0) is 11.1. The molecule has 3 rings (SSSR count). The highest BCUT2D eigenvalue weighted by atomic mass is 16.6. The normalized spacial score (nSPS) is 34.5. The summed E-state index contributed by atoms with van der Waals surface area (Å²) < 4.78 is 5.34. The molecule has 1 unspecified atom stereocenters. The molecule has 1 N–H and O–H groups in total. The van der Waals surface area contributed by atoms with Gasteiger partial charge in [-0.1, -0.05) is 0 Å². The van der Waals surface area contributed by atoms with Crippen LogP contribution in [0.3, 0.4) is 0 Å². The summed E-state index contributed by atoms with van der Waals surface area (Å²) >= 11 is 0. The molecule has 2 saturated heterocycles. The summed E-state index contributed by atoms with van der Waals surface area (Å²) in [6, 6.07) is 0.741. The van der Waals surface area contributed by atoms with E-state index in [1.54, 1.807) is 0 Å². The molecule has 1 atom stereocenters. The van der Waals surface area contributed by atoms with E-state index in [9.17, 15) is 4.79 Å². The average Bonchev–Trinajstić information content (AvgIpc) is 1.98. The number of esters is 1. The molecule has 3 heteroatoms. The van der Waals surface area contributed by atoms with Crippen LogP contribution in [0.15, 0.2) is 0 Å². The Labute approximate surface area is 91.6 Å². The second kappa shape index (κ2) is 3.78. The fourth-order valence-electron chi connectivity index (χ4n) is 2.53. The molecule has 2 bridgehead atoms. The molecular weight excluding hydrogens is 190 g/mol. The van der Waals surface area contributed by atoms with E-state index in [0.717, 1.165) is 18.5 Å². The SMILES string of the molecule is CC(C)(C)OC(=O)CC1CNC2CC1C2. The Morgan fingerprint density at radius 1 is 1.40 bits per heavy atom. The van der Waals surface area contributed by atoms with E-state index >= 15 is 0 Å².